The molecule has 2 atom stereocenters. The van der Waals surface area contributed by atoms with Gasteiger partial charge in [-0.3, -0.25) is 14.4 Å². The van der Waals surface area contributed by atoms with Crippen molar-refractivity contribution in [1.82, 2.24) is 4.90 Å². The molecule has 6 nitrogen and oxygen atoms in total. The van der Waals surface area contributed by atoms with Crippen molar-refractivity contribution in [2.45, 2.75) is 32.6 Å². The summed E-state index contributed by atoms with van der Waals surface area (Å²) in [4.78, 5) is 36.2. The summed E-state index contributed by atoms with van der Waals surface area (Å²) < 4.78 is 4.56. The molecule has 0 aliphatic heterocycles. The normalized spacial score (nSPS) is 22.0. The Balaban J connectivity index is 2.75. The van der Waals surface area contributed by atoms with Crippen LogP contribution in [0.4, 0.5) is 0 Å². The maximum atomic E-state index is 12.4. The molecule has 6 heteroatoms. The van der Waals surface area contributed by atoms with Crippen LogP contribution in [0.1, 0.15) is 32.6 Å². The van der Waals surface area contributed by atoms with Gasteiger partial charge in [0.05, 0.1) is 18.9 Å². The van der Waals surface area contributed by atoms with Crippen molar-refractivity contribution in [3.8, 4) is 0 Å². The van der Waals surface area contributed by atoms with Gasteiger partial charge in [-0.2, -0.15) is 0 Å². The molecule has 0 aromatic heterocycles. The number of aliphatic carboxylic acids is 1. The van der Waals surface area contributed by atoms with Crippen molar-refractivity contribution in [1.29, 1.82) is 0 Å². The summed E-state index contributed by atoms with van der Waals surface area (Å²) in [6, 6.07) is 0. The highest BCUT2D eigenvalue weighted by atomic mass is 16.5. The van der Waals surface area contributed by atoms with Crippen LogP contribution in [0.25, 0.3) is 0 Å². The molecule has 0 heterocycles. The molecule has 1 amide bonds. The van der Waals surface area contributed by atoms with Crippen LogP contribution in [-0.2, 0) is 19.1 Å². The zero-order chi connectivity index (χ0) is 14.4. The Morgan fingerprint density at radius 3 is 2.42 bits per heavy atom. The van der Waals surface area contributed by atoms with Gasteiger partial charge in [-0.15, -0.1) is 0 Å². The zero-order valence-electron chi connectivity index (χ0n) is 11.4. The van der Waals surface area contributed by atoms with E-state index in [2.05, 4.69) is 4.74 Å². The second-order valence-corrected chi connectivity index (χ2v) is 4.82. The standard InChI is InChI=1S/C13H21NO5/c1-3-7-14(8-11(15)19-2)12(16)9-5-4-6-10(9)13(17)18/h9-10H,3-8H2,1-2H3,(H,17,18). The fourth-order valence-corrected chi connectivity index (χ4v) is 2.54. The highest BCUT2D eigenvalue weighted by Crippen LogP contribution is 2.33. The first-order chi connectivity index (χ1) is 9.01. The zero-order valence-corrected chi connectivity index (χ0v) is 11.4. The van der Waals surface area contributed by atoms with E-state index in [0.29, 0.717) is 25.8 Å². The summed E-state index contributed by atoms with van der Waals surface area (Å²) >= 11 is 0. The Morgan fingerprint density at radius 2 is 1.89 bits per heavy atom. The predicted octanol–water partition coefficient (Wildman–Crippen LogP) is 0.899. The van der Waals surface area contributed by atoms with Crippen LogP contribution in [0.15, 0.2) is 0 Å². The van der Waals surface area contributed by atoms with E-state index in [-0.39, 0.29) is 12.5 Å². The first kappa shape index (κ1) is 15.5. The maximum absolute atomic E-state index is 12.4. The Morgan fingerprint density at radius 1 is 1.26 bits per heavy atom. The Hall–Kier alpha value is -1.59. The molecule has 2 unspecified atom stereocenters. The minimum Gasteiger partial charge on any atom is -0.481 e. The fourth-order valence-electron chi connectivity index (χ4n) is 2.54. The minimum atomic E-state index is -0.926. The third kappa shape index (κ3) is 3.94. The number of carboxylic acids is 1. The van der Waals surface area contributed by atoms with Crippen LogP contribution in [0.5, 0.6) is 0 Å². The topological polar surface area (TPSA) is 83.9 Å². The third-order valence-electron chi connectivity index (χ3n) is 3.50. The van der Waals surface area contributed by atoms with Crippen molar-refractivity contribution in [2.75, 3.05) is 20.2 Å². The monoisotopic (exact) mass is 271 g/mol. The molecule has 1 saturated carbocycles. The molecular weight excluding hydrogens is 250 g/mol. The maximum Gasteiger partial charge on any atom is 0.325 e. The molecule has 1 rings (SSSR count). The van der Waals surface area contributed by atoms with E-state index in [9.17, 15) is 14.4 Å². The summed E-state index contributed by atoms with van der Waals surface area (Å²) in [6.07, 6.45) is 2.57. The lowest BCUT2D eigenvalue weighted by Crippen LogP contribution is -2.42. The average molecular weight is 271 g/mol. The smallest absolute Gasteiger partial charge is 0.325 e. The Bertz CT molecular complexity index is 355. The van der Waals surface area contributed by atoms with Gasteiger partial charge in [0.25, 0.3) is 0 Å². The second-order valence-electron chi connectivity index (χ2n) is 4.82. The summed E-state index contributed by atoms with van der Waals surface area (Å²) in [7, 11) is 1.27. The quantitative estimate of drug-likeness (QED) is 0.726. The number of methoxy groups -OCH3 is 1. The summed E-state index contributed by atoms with van der Waals surface area (Å²) in [5.74, 6) is -2.77. The molecule has 0 aromatic carbocycles. The number of carbonyl (C=O) groups excluding carboxylic acids is 2. The number of hydrogen-bond donors (Lipinski definition) is 1. The van der Waals surface area contributed by atoms with Gasteiger partial charge in [0, 0.05) is 6.54 Å². The van der Waals surface area contributed by atoms with Crippen LogP contribution >= 0.6 is 0 Å². The molecule has 0 saturated heterocycles. The average Bonchev–Trinajstić information content (AvgIpc) is 2.86. The van der Waals surface area contributed by atoms with E-state index >= 15 is 0 Å². The summed E-state index contributed by atoms with van der Waals surface area (Å²) in [5, 5.41) is 9.11. The molecule has 108 valence electrons. The van der Waals surface area contributed by atoms with Gasteiger partial charge in [0.1, 0.15) is 6.54 Å². The largest absolute Gasteiger partial charge is 0.481 e. The third-order valence-corrected chi connectivity index (χ3v) is 3.50. The van der Waals surface area contributed by atoms with Crippen LogP contribution in [-0.4, -0.2) is 48.1 Å². The summed E-state index contributed by atoms with van der Waals surface area (Å²) in [6.45, 7) is 2.24. The predicted molar refractivity (Wildman–Crippen MR) is 67.4 cm³/mol. The van der Waals surface area contributed by atoms with Crippen LogP contribution < -0.4 is 0 Å². The van der Waals surface area contributed by atoms with Crippen LogP contribution in [0.2, 0.25) is 0 Å². The molecule has 1 fully saturated rings. The van der Waals surface area contributed by atoms with Crippen molar-refractivity contribution < 1.29 is 24.2 Å². The molecule has 0 spiro atoms. The molecule has 0 aromatic rings. The van der Waals surface area contributed by atoms with Gasteiger partial charge in [-0.05, 0) is 19.3 Å². The number of nitrogens with zero attached hydrogens (tertiary/aromatic N) is 1. The van der Waals surface area contributed by atoms with Gasteiger partial charge in [0.2, 0.25) is 5.91 Å². The number of amides is 1. The highest BCUT2D eigenvalue weighted by molar-refractivity contribution is 5.87. The molecule has 0 radical (unpaired) electrons. The molecule has 19 heavy (non-hydrogen) atoms. The number of carbonyl (C=O) groups is 3. The number of ether oxygens (including phenoxy) is 1. The summed E-state index contributed by atoms with van der Waals surface area (Å²) in [5.41, 5.74) is 0. The number of esters is 1. The lowest BCUT2D eigenvalue weighted by Gasteiger charge is -2.25. The lowest BCUT2D eigenvalue weighted by molar-refractivity contribution is -0.152. The number of carboxylic acid groups (broad SMARTS) is 1. The van der Waals surface area contributed by atoms with Gasteiger partial charge in [-0.1, -0.05) is 13.3 Å². The molecular formula is C13H21NO5. The second kappa shape index (κ2) is 7.11. The fraction of sp³-hybridized carbons (Fsp3) is 0.769. The molecule has 1 aliphatic rings. The van der Waals surface area contributed by atoms with E-state index in [1.807, 2.05) is 6.92 Å². The Kier molecular flexibility index (Phi) is 5.79. The Labute approximate surface area is 112 Å². The molecule has 1 N–H and O–H groups in total. The molecule has 0 bridgehead atoms. The van der Waals surface area contributed by atoms with E-state index in [4.69, 9.17) is 5.11 Å². The minimum absolute atomic E-state index is 0.105. The van der Waals surface area contributed by atoms with E-state index in [0.717, 1.165) is 6.42 Å². The van der Waals surface area contributed by atoms with Crippen molar-refractivity contribution in [2.24, 2.45) is 11.8 Å². The van der Waals surface area contributed by atoms with Crippen molar-refractivity contribution in [3.63, 3.8) is 0 Å². The van der Waals surface area contributed by atoms with Gasteiger partial charge < -0.3 is 14.7 Å². The number of rotatable bonds is 6. The van der Waals surface area contributed by atoms with Gasteiger partial charge in [-0.25, -0.2) is 0 Å². The SMILES string of the molecule is CCCN(CC(=O)OC)C(=O)C1CCCC1C(=O)O. The van der Waals surface area contributed by atoms with Crippen LogP contribution in [0.3, 0.4) is 0 Å². The first-order valence-electron chi connectivity index (χ1n) is 6.59. The van der Waals surface area contributed by atoms with E-state index in [1.54, 1.807) is 0 Å². The van der Waals surface area contributed by atoms with E-state index in [1.165, 1.54) is 12.0 Å². The van der Waals surface area contributed by atoms with Gasteiger partial charge in [0.15, 0.2) is 0 Å². The molecule has 1 aliphatic carbocycles. The van der Waals surface area contributed by atoms with Crippen molar-refractivity contribution in [3.05, 3.63) is 0 Å². The number of hydrogen-bond acceptors (Lipinski definition) is 4. The van der Waals surface area contributed by atoms with Crippen LogP contribution in [0, 0.1) is 11.8 Å². The van der Waals surface area contributed by atoms with Gasteiger partial charge >= 0.3 is 11.9 Å². The first-order valence-corrected chi connectivity index (χ1v) is 6.59. The lowest BCUT2D eigenvalue weighted by atomic mass is 9.94. The highest BCUT2D eigenvalue weighted by Gasteiger charge is 2.39. The van der Waals surface area contributed by atoms with E-state index < -0.39 is 23.8 Å². The van der Waals surface area contributed by atoms with Crippen molar-refractivity contribution >= 4 is 17.8 Å².